The largest absolute Gasteiger partial charge is 0.489 e. The summed E-state index contributed by atoms with van der Waals surface area (Å²) in [6.07, 6.45) is -3.29. The minimum absolute atomic E-state index is 0.170. The Morgan fingerprint density at radius 3 is 2.24 bits per heavy atom. The molecule has 0 aromatic heterocycles. The van der Waals surface area contributed by atoms with Crippen LogP contribution in [0.5, 0.6) is 5.75 Å². The number of hydrazone groups is 1. The molecule has 34 heavy (non-hydrogen) atoms. The van der Waals surface area contributed by atoms with Crippen LogP contribution in [-0.2, 0) is 22.4 Å². The minimum Gasteiger partial charge on any atom is -0.489 e. The van der Waals surface area contributed by atoms with Gasteiger partial charge in [-0.2, -0.15) is 18.3 Å². The molecule has 2 amide bonds. The number of amides is 2. The van der Waals surface area contributed by atoms with Crippen LogP contribution in [0.3, 0.4) is 0 Å². The van der Waals surface area contributed by atoms with E-state index in [0.717, 1.165) is 18.2 Å². The number of carbonyl (C=O) groups excluding carboxylic acids is 2. The van der Waals surface area contributed by atoms with Crippen molar-refractivity contribution in [3.05, 3.63) is 93.5 Å². The second-order valence-electron chi connectivity index (χ2n) is 6.79. The summed E-state index contributed by atoms with van der Waals surface area (Å²) in [7, 11) is 0. The number of nitrogens with one attached hydrogen (secondary N) is 2. The third kappa shape index (κ3) is 6.97. The fourth-order valence-corrected chi connectivity index (χ4v) is 3.16. The number of hydrogen-bond donors (Lipinski definition) is 2. The average Bonchev–Trinajstić information content (AvgIpc) is 2.79. The number of nitrogens with zero attached hydrogens (tertiary/aromatic N) is 1. The van der Waals surface area contributed by atoms with Crippen molar-refractivity contribution in [2.24, 2.45) is 5.10 Å². The second-order valence-corrected chi connectivity index (χ2v) is 7.60. The number of ether oxygens (including phenoxy) is 1. The zero-order valence-corrected chi connectivity index (χ0v) is 18.7. The lowest BCUT2D eigenvalue weighted by Gasteiger charge is -2.09. The molecule has 176 valence electrons. The van der Waals surface area contributed by atoms with Gasteiger partial charge in [0.2, 0.25) is 0 Å². The van der Waals surface area contributed by atoms with Crippen LogP contribution in [0, 0.1) is 0 Å². The highest BCUT2D eigenvalue weighted by Gasteiger charge is 2.30. The Bertz CT molecular complexity index is 1200. The van der Waals surface area contributed by atoms with Gasteiger partial charge in [0.25, 0.3) is 0 Å². The van der Waals surface area contributed by atoms with Crippen molar-refractivity contribution in [1.82, 2.24) is 5.43 Å². The molecule has 0 aliphatic rings. The zero-order chi connectivity index (χ0) is 24.7. The SMILES string of the molecule is O=C(N/N=C\c1ccc(OCc2c(Cl)cccc2Cl)cc1)C(=O)Nc1cccc(C(F)(F)F)c1. The fourth-order valence-electron chi connectivity index (χ4n) is 2.65. The van der Waals surface area contributed by atoms with Crippen molar-refractivity contribution >= 4 is 46.9 Å². The van der Waals surface area contributed by atoms with Gasteiger partial charge in [-0.25, -0.2) is 5.43 Å². The third-order valence-corrected chi connectivity index (χ3v) is 5.07. The van der Waals surface area contributed by atoms with Crippen LogP contribution in [0.25, 0.3) is 0 Å². The molecule has 0 bridgehead atoms. The predicted octanol–water partition coefficient (Wildman–Crippen LogP) is 5.68. The van der Waals surface area contributed by atoms with E-state index in [2.05, 4.69) is 10.4 Å². The van der Waals surface area contributed by atoms with E-state index in [1.165, 1.54) is 12.3 Å². The maximum absolute atomic E-state index is 12.7. The zero-order valence-electron chi connectivity index (χ0n) is 17.2. The Labute approximate surface area is 202 Å². The van der Waals surface area contributed by atoms with Gasteiger partial charge in [0.1, 0.15) is 12.4 Å². The Kier molecular flexibility index (Phi) is 8.14. The topological polar surface area (TPSA) is 79.8 Å². The number of anilines is 1. The van der Waals surface area contributed by atoms with Gasteiger partial charge < -0.3 is 10.1 Å². The molecular weight excluding hydrogens is 494 g/mol. The first-order valence-corrected chi connectivity index (χ1v) is 10.4. The number of alkyl halides is 3. The second kappa shape index (κ2) is 11.0. The van der Waals surface area contributed by atoms with Crippen LogP contribution in [0.2, 0.25) is 10.0 Å². The molecule has 0 unspecified atom stereocenters. The van der Waals surface area contributed by atoms with E-state index in [1.807, 2.05) is 5.43 Å². The molecule has 0 fully saturated rings. The van der Waals surface area contributed by atoms with Crippen LogP contribution >= 0.6 is 23.2 Å². The summed E-state index contributed by atoms with van der Waals surface area (Å²) in [5.41, 5.74) is 2.12. The van der Waals surface area contributed by atoms with E-state index < -0.39 is 23.6 Å². The number of benzene rings is 3. The molecule has 0 saturated heterocycles. The molecule has 11 heteroatoms. The molecule has 3 aromatic rings. The van der Waals surface area contributed by atoms with Crippen molar-refractivity contribution in [1.29, 1.82) is 0 Å². The van der Waals surface area contributed by atoms with Gasteiger partial charge in [-0.3, -0.25) is 9.59 Å². The van der Waals surface area contributed by atoms with Gasteiger partial charge in [-0.15, -0.1) is 0 Å². The van der Waals surface area contributed by atoms with Gasteiger partial charge in [0.05, 0.1) is 11.8 Å². The van der Waals surface area contributed by atoms with E-state index in [4.69, 9.17) is 27.9 Å². The van der Waals surface area contributed by atoms with E-state index >= 15 is 0 Å². The van der Waals surface area contributed by atoms with Gasteiger partial charge in [-0.05, 0) is 60.2 Å². The average molecular weight is 510 g/mol. The molecular formula is C23H16Cl2F3N3O3. The van der Waals surface area contributed by atoms with Crippen LogP contribution in [0.4, 0.5) is 18.9 Å². The van der Waals surface area contributed by atoms with Gasteiger partial charge in [-0.1, -0.05) is 35.3 Å². The maximum Gasteiger partial charge on any atom is 0.416 e. The lowest BCUT2D eigenvalue weighted by Crippen LogP contribution is -2.32. The lowest BCUT2D eigenvalue weighted by molar-refractivity contribution is -0.137. The van der Waals surface area contributed by atoms with Crippen LogP contribution in [0.15, 0.2) is 71.8 Å². The van der Waals surface area contributed by atoms with Crippen molar-refractivity contribution in [3.63, 3.8) is 0 Å². The van der Waals surface area contributed by atoms with E-state index in [-0.39, 0.29) is 12.3 Å². The van der Waals surface area contributed by atoms with Crippen molar-refractivity contribution in [2.45, 2.75) is 12.8 Å². The number of halogens is 5. The molecule has 2 N–H and O–H groups in total. The Hall–Kier alpha value is -3.56. The molecule has 3 aromatic carbocycles. The Morgan fingerprint density at radius 2 is 1.59 bits per heavy atom. The molecule has 3 rings (SSSR count). The summed E-state index contributed by atoms with van der Waals surface area (Å²) in [6, 6.07) is 15.7. The lowest BCUT2D eigenvalue weighted by atomic mass is 10.2. The fraction of sp³-hybridized carbons (Fsp3) is 0.0870. The first-order valence-electron chi connectivity index (χ1n) is 9.61. The maximum atomic E-state index is 12.7. The highest BCUT2D eigenvalue weighted by atomic mass is 35.5. The van der Waals surface area contributed by atoms with Crippen molar-refractivity contribution in [3.8, 4) is 5.75 Å². The van der Waals surface area contributed by atoms with Crippen molar-refractivity contribution < 1.29 is 27.5 Å². The first kappa shape index (κ1) is 25.1. The third-order valence-electron chi connectivity index (χ3n) is 4.36. The van der Waals surface area contributed by atoms with Crippen LogP contribution in [0.1, 0.15) is 16.7 Å². The van der Waals surface area contributed by atoms with Crippen molar-refractivity contribution in [2.75, 3.05) is 5.32 Å². The summed E-state index contributed by atoms with van der Waals surface area (Å²) in [5, 5.41) is 6.73. The van der Waals surface area contributed by atoms with E-state index in [0.29, 0.717) is 26.9 Å². The molecule has 0 aliphatic heterocycles. The molecule has 0 spiro atoms. The molecule has 0 radical (unpaired) electrons. The predicted molar refractivity (Wildman–Crippen MR) is 123 cm³/mol. The Balaban J connectivity index is 1.51. The van der Waals surface area contributed by atoms with Crippen LogP contribution < -0.4 is 15.5 Å². The van der Waals surface area contributed by atoms with Gasteiger partial charge in [0.15, 0.2) is 0 Å². The van der Waals surface area contributed by atoms with Gasteiger partial charge >= 0.3 is 18.0 Å². The summed E-state index contributed by atoms with van der Waals surface area (Å²) < 4.78 is 43.9. The van der Waals surface area contributed by atoms with Gasteiger partial charge in [0, 0.05) is 21.3 Å². The summed E-state index contributed by atoms with van der Waals surface area (Å²) in [4.78, 5) is 23.7. The summed E-state index contributed by atoms with van der Waals surface area (Å²) in [5.74, 6) is -1.78. The Morgan fingerprint density at radius 1 is 0.941 bits per heavy atom. The molecule has 0 heterocycles. The van der Waals surface area contributed by atoms with E-state index in [9.17, 15) is 22.8 Å². The first-order chi connectivity index (χ1) is 16.1. The number of carbonyl (C=O) groups is 2. The molecule has 0 saturated carbocycles. The normalized spacial score (nSPS) is 11.3. The number of rotatable bonds is 6. The molecule has 6 nitrogen and oxygen atoms in total. The highest BCUT2D eigenvalue weighted by molar-refractivity contribution is 6.39. The minimum atomic E-state index is -4.57. The molecule has 0 aliphatic carbocycles. The summed E-state index contributed by atoms with van der Waals surface area (Å²) >= 11 is 12.2. The smallest absolute Gasteiger partial charge is 0.416 e. The van der Waals surface area contributed by atoms with E-state index in [1.54, 1.807) is 42.5 Å². The number of hydrogen-bond acceptors (Lipinski definition) is 4. The summed E-state index contributed by atoms with van der Waals surface area (Å²) in [6.45, 7) is 0.170. The standard InChI is InChI=1S/C23H16Cl2F3N3O3/c24-19-5-2-6-20(25)18(19)13-34-17-9-7-14(8-10-17)12-29-31-22(33)21(32)30-16-4-1-3-15(11-16)23(26,27)28/h1-12H,13H2,(H,30,32)(H,31,33)/b29-12-. The van der Waals surface area contributed by atoms with Crippen LogP contribution in [-0.4, -0.2) is 18.0 Å². The molecule has 0 atom stereocenters. The highest BCUT2D eigenvalue weighted by Crippen LogP contribution is 2.30. The monoisotopic (exact) mass is 509 g/mol. The quantitative estimate of drug-likeness (QED) is 0.255.